The molecule has 0 aliphatic rings. The Morgan fingerprint density at radius 2 is 2.07 bits per heavy atom. The third-order valence-corrected chi connectivity index (χ3v) is 5.64. The highest BCUT2D eigenvalue weighted by Gasteiger charge is 2.15. The highest BCUT2D eigenvalue weighted by molar-refractivity contribution is 7.13. The molecular weight excluding hydrogens is 422 g/mol. The number of pyridine rings is 1. The van der Waals surface area contributed by atoms with Crippen LogP contribution in [0.15, 0.2) is 61.3 Å². The van der Waals surface area contributed by atoms with Gasteiger partial charge >= 0.3 is 0 Å². The lowest BCUT2D eigenvalue weighted by Crippen LogP contribution is -2.22. The van der Waals surface area contributed by atoms with Crippen LogP contribution in [-0.4, -0.2) is 25.4 Å². The van der Waals surface area contributed by atoms with Gasteiger partial charge in [-0.1, -0.05) is 17.7 Å². The molecule has 1 N–H and O–H groups in total. The Morgan fingerprint density at radius 1 is 1.23 bits per heavy atom. The van der Waals surface area contributed by atoms with E-state index in [0.29, 0.717) is 34.5 Å². The molecule has 0 aliphatic heterocycles. The number of thiazole rings is 1. The van der Waals surface area contributed by atoms with Gasteiger partial charge in [0.25, 0.3) is 5.91 Å². The number of rotatable bonds is 7. The molecule has 3 aromatic heterocycles. The number of nitrogens with zero attached hydrogens (tertiary/aromatic N) is 4. The first-order valence-electron chi connectivity index (χ1n) is 9.14. The number of aryl methyl sites for hydroxylation is 1. The lowest BCUT2D eigenvalue weighted by atomic mass is 10.2. The standard InChI is InChI=1S/C21H18ClN5O2S/c1-14-20(30-19(26-14)12-29-17-5-3-16(22)4-6-17)21(28)25-11-15-2-7-18(24-10-15)27-9-8-23-13-27/h2-10,13H,11-12H2,1H3,(H,25,28). The zero-order chi connectivity index (χ0) is 20.9. The van der Waals surface area contributed by atoms with Crippen molar-refractivity contribution in [2.24, 2.45) is 0 Å². The van der Waals surface area contributed by atoms with Crippen molar-refractivity contribution in [3.05, 3.63) is 87.5 Å². The summed E-state index contributed by atoms with van der Waals surface area (Å²) >= 11 is 7.20. The molecular formula is C21H18ClN5O2S. The van der Waals surface area contributed by atoms with Gasteiger partial charge in [-0.05, 0) is 42.8 Å². The maximum absolute atomic E-state index is 12.6. The van der Waals surface area contributed by atoms with Crippen molar-refractivity contribution < 1.29 is 9.53 Å². The number of halogens is 1. The molecule has 0 aliphatic carbocycles. The normalized spacial score (nSPS) is 10.7. The minimum atomic E-state index is -0.165. The molecule has 4 rings (SSSR count). The van der Waals surface area contributed by atoms with E-state index >= 15 is 0 Å². The fourth-order valence-electron chi connectivity index (χ4n) is 2.73. The maximum Gasteiger partial charge on any atom is 0.263 e. The van der Waals surface area contributed by atoms with Gasteiger partial charge in [0.05, 0.1) is 5.69 Å². The molecule has 30 heavy (non-hydrogen) atoms. The van der Waals surface area contributed by atoms with E-state index in [9.17, 15) is 4.79 Å². The van der Waals surface area contributed by atoms with E-state index in [1.165, 1.54) is 11.3 Å². The Morgan fingerprint density at radius 3 is 2.77 bits per heavy atom. The molecule has 1 amide bonds. The molecule has 0 saturated heterocycles. The highest BCUT2D eigenvalue weighted by Crippen LogP contribution is 2.21. The summed E-state index contributed by atoms with van der Waals surface area (Å²) in [5.41, 5.74) is 1.58. The van der Waals surface area contributed by atoms with Gasteiger partial charge in [0, 0.05) is 30.2 Å². The molecule has 0 spiro atoms. The number of imidazole rings is 1. The van der Waals surface area contributed by atoms with Crippen LogP contribution in [0.5, 0.6) is 5.75 Å². The second-order valence-electron chi connectivity index (χ2n) is 6.44. The summed E-state index contributed by atoms with van der Waals surface area (Å²) in [7, 11) is 0. The number of ether oxygens (including phenoxy) is 1. The third kappa shape index (κ3) is 4.84. The number of aromatic nitrogens is 4. The van der Waals surface area contributed by atoms with Crippen LogP contribution in [0.4, 0.5) is 0 Å². The van der Waals surface area contributed by atoms with E-state index in [4.69, 9.17) is 16.3 Å². The van der Waals surface area contributed by atoms with Crippen molar-refractivity contribution in [3.63, 3.8) is 0 Å². The molecule has 0 bridgehead atoms. The summed E-state index contributed by atoms with van der Waals surface area (Å²) < 4.78 is 7.53. The van der Waals surface area contributed by atoms with Gasteiger partial charge in [0.15, 0.2) is 0 Å². The minimum absolute atomic E-state index is 0.165. The number of hydrogen-bond donors (Lipinski definition) is 1. The highest BCUT2D eigenvalue weighted by atomic mass is 35.5. The largest absolute Gasteiger partial charge is 0.486 e. The Bertz CT molecular complexity index is 1130. The molecule has 4 aromatic rings. The summed E-state index contributed by atoms with van der Waals surface area (Å²) in [5, 5.41) is 4.31. The lowest BCUT2D eigenvalue weighted by Gasteiger charge is -2.06. The van der Waals surface area contributed by atoms with Crippen molar-refractivity contribution in [2.45, 2.75) is 20.1 Å². The molecule has 0 fully saturated rings. The van der Waals surface area contributed by atoms with Gasteiger partial charge in [0.1, 0.15) is 34.4 Å². The Kier molecular flexibility index (Phi) is 6.06. The summed E-state index contributed by atoms with van der Waals surface area (Å²) in [5.74, 6) is 1.30. The van der Waals surface area contributed by atoms with Crippen molar-refractivity contribution in [2.75, 3.05) is 0 Å². The van der Waals surface area contributed by atoms with Gasteiger partial charge in [0.2, 0.25) is 0 Å². The zero-order valence-electron chi connectivity index (χ0n) is 16.1. The fraction of sp³-hybridized carbons (Fsp3) is 0.143. The molecule has 0 saturated carbocycles. The maximum atomic E-state index is 12.6. The summed E-state index contributed by atoms with van der Waals surface area (Å²) in [6.07, 6.45) is 6.94. The van der Waals surface area contributed by atoms with Crippen LogP contribution in [0.3, 0.4) is 0 Å². The fourth-order valence-corrected chi connectivity index (χ4v) is 3.75. The first kappa shape index (κ1) is 20.1. The molecule has 0 radical (unpaired) electrons. The summed E-state index contributed by atoms with van der Waals surface area (Å²) in [6.45, 7) is 2.49. The minimum Gasteiger partial charge on any atom is -0.486 e. The van der Waals surface area contributed by atoms with Crippen LogP contribution >= 0.6 is 22.9 Å². The topological polar surface area (TPSA) is 81.9 Å². The van der Waals surface area contributed by atoms with Crippen LogP contribution < -0.4 is 10.1 Å². The monoisotopic (exact) mass is 439 g/mol. The van der Waals surface area contributed by atoms with Gasteiger partial charge in [-0.15, -0.1) is 11.3 Å². The first-order chi connectivity index (χ1) is 14.6. The van der Waals surface area contributed by atoms with E-state index < -0.39 is 0 Å². The van der Waals surface area contributed by atoms with E-state index in [1.54, 1.807) is 43.0 Å². The Hall–Kier alpha value is -3.23. The number of benzene rings is 1. The van der Waals surface area contributed by atoms with Crippen molar-refractivity contribution >= 4 is 28.8 Å². The predicted octanol–water partition coefficient (Wildman–Crippen LogP) is 4.19. The van der Waals surface area contributed by atoms with E-state index in [-0.39, 0.29) is 5.91 Å². The third-order valence-electron chi connectivity index (χ3n) is 4.25. The van der Waals surface area contributed by atoms with Crippen LogP contribution in [0, 0.1) is 6.92 Å². The first-order valence-corrected chi connectivity index (χ1v) is 10.3. The van der Waals surface area contributed by atoms with Gasteiger partial charge in [-0.25, -0.2) is 15.0 Å². The Labute approximate surface area is 182 Å². The zero-order valence-corrected chi connectivity index (χ0v) is 17.7. The quantitative estimate of drug-likeness (QED) is 0.466. The smallest absolute Gasteiger partial charge is 0.263 e. The van der Waals surface area contributed by atoms with Crippen molar-refractivity contribution in [1.29, 1.82) is 0 Å². The SMILES string of the molecule is Cc1nc(COc2ccc(Cl)cc2)sc1C(=O)NCc1ccc(-n2ccnc2)nc1. The summed E-state index contributed by atoms with van der Waals surface area (Å²) in [4.78, 5) is 26.0. The number of hydrogen-bond acceptors (Lipinski definition) is 6. The molecule has 0 atom stereocenters. The molecule has 7 nitrogen and oxygen atoms in total. The van der Waals surface area contributed by atoms with Crippen LogP contribution in [0.1, 0.15) is 25.9 Å². The van der Waals surface area contributed by atoms with Crippen molar-refractivity contribution in [1.82, 2.24) is 24.8 Å². The molecule has 3 heterocycles. The van der Waals surface area contributed by atoms with Gasteiger partial charge < -0.3 is 10.1 Å². The van der Waals surface area contributed by atoms with Gasteiger partial charge in [-0.2, -0.15) is 0 Å². The predicted molar refractivity (Wildman–Crippen MR) is 115 cm³/mol. The number of nitrogens with one attached hydrogen (secondary N) is 1. The Balaban J connectivity index is 1.33. The molecule has 1 aromatic carbocycles. The number of carbonyl (C=O) groups is 1. The second kappa shape index (κ2) is 9.06. The van der Waals surface area contributed by atoms with Gasteiger partial charge in [-0.3, -0.25) is 9.36 Å². The summed E-state index contributed by atoms with van der Waals surface area (Å²) in [6, 6.07) is 10.9. The molecule has 152 valence electrons. The average molecular weight is 440 g/mol. The van der Waals surface area contributed by atoms with Crippen LogP contribution in [0.25, 0.3) is 5.82 Å². The number of amides is 1. The van der Waals surface area contributed by atoms with Crippen LogP contribution in [0.2, 0.25) is 5.02 Å². The van der Waals surface area contributed by atoms with E-state index in [2.05, 4.69) is 20.3 Å². The number of carbonyl (C=O) groups excluding carboxylic acids is 1. The molecule has 0 unspecified atom stereocenters. The van der Waals surface area contributed by atoms with E-state index in [0.717, 1.165) is 16.4 Å². The molecule has 9 heteroatoms. The lowest BCUT2D eigenvalue weighted by molar-refractivity contribution is 0.0954. The second-order valence-corrected chi connectivity index (χ2v) is 7.96. The van der Waals surface area contributed by atoms with Crippen LogP contribution in [-0.2, 0) is 13.2 Å². The van der Waals surface area contributed by atoms with E-state index in [1.807, 2.05) is 29.8 Å². The van der Waals surface area contributed by atoms with Crippen molar-refractivity contribution in [3.8, 4) is 11.6 Å². The average Bonchev–Trinajstić information content (AvgIpc) is 3.42.